The first-order chi connectivity index (χ1) is 13.2. The van der Waals surface area contributed by atoms with Gasteiger partial charge in [-0.25, -0.2) is 0 Å². The molecule has 1 fully saturated rings. The van der Waals surface area contributed by atoms with Crippen LogP contribution in [-0.2, 0) is 0 Å². The minimum absolute atomic E-state index is 0.156. The topological polar surface area (TPSA) is 77.1 Å². The van der Waals surface area contributed by atoms with Crippen LogP contribution in [-0.4, -0.2) is 23.8 Å². The van der Waals surface area contributed by atoms with E-state index in [1.165, 1.54) is 0 Å². The van der Waals surface area contributed by atoms with Crippen LogP contribution >= 0.6 is 0 Å². The molecule has 0 saturated carbocycles. The molecule has 5 heteroatoms. The standard InChI is InChI=1S/C22H17N3O2/c1-27-16-8-6-15(7-9-16)22(26)21-19(13-24)18(12-23)20-17-5-3-2-4-14(17)10-11-25(20)21/h2-11,18-21H,1H3. The van der Waals surface area contributed by atoms with E-state index in [9.17, 15) is 15.3 Å². The summed E-state index contributed by atoms with van der Waals surface area (Å²) in [6.07, 6.45) is 3.79. The molecule has 4 rings (SSSR count). The van der Waals surface area contributed by atoms with Crippen molar-refractivity contribution in [1.29, 1.82) is 10.5 Å². The van der Waals surface area contributed by atoms with Gasteiger partial charge >= 0.3 is 0 Å². The maximum atomic E-state index is 13.3. The molecule has 2 aliphatic rings. The molecular weight excluding hydrogens is 338 g/mol. The van der Waals surface area contributed by atoms with E-state index in [4.69, 9.17) is 4.74 Å². The molecule has 1 saturated heterocycles. The number of benzene rings is 2. The van der Waals surface area contributed by atoms with Crippen LogP contribution < -0.4 is 4.74 Å². The fourth-order valence-corrected chi connectivity index (χ4v) is 4.10. The number of ether oxygens (including phenoxy) is 1. The van der Waals surface area contributed by atoms with E-state index in [-0.39, 0.29) is 11.8 Å². The predicted molar refractivity (Wildman–Crippen MR) is 99.4 cm³/mol. The number of fused-ring (bicyclic) bond motifs is 3. The second kappa shape index (κ2) is 6.63. The van der Waals surface area contributed by atoms with E-state index in [0.717, 1.165) is 11.1 Å². The Morgan fingerprint density at radius 1 is 1.04 bits per heavy atom. The molecule has 5 nitrogen and oxygen atoms in total. The third kappa shape index (κ3) is 2.56. The second-order valence-corrected chi connectivity index (χ2v) is 6.68. The zero-order chi connectivity index (χ0) is 19.0. The third-order valence-corrected chi connectivity index (χ3v) is 5.39. The van der Waals surface area contributed by atoms with Crippen LogP contribution in [0.25, 0.3) is 6.08 Å². The van der Waals surface area contributed by atoms with Gasteiger partial charge in [-0.15, -0.1) is 0 Å². The summed E-state index contributed by atoms with van der Waals surface area (Å²) in [5.74, 6) is -0.774. The van der Waals surface area contributed by atoms with Crippen LogP contribution in [0.4, 0.5) is 0 Å². The molecule has 4 atom stereocenters. The first kappa shape index (κ1) is 16.9. The lowest BCUT2D eigenvalue weighted by molar-refractivity contribution is 0.0869. The zero-order valence-electron chi connectivity index (χ0n) is 14.7. The van der Waals surface area contributed by atoms with Gasteiger partial charge in [-0.2, -0.15) is 10.5 Å². The van der Waals surface area contributed by atoms with Gasteiger partial charge in [0.2, 0.25) is 0 Å². The van der Waals surface area contributed by atoms with Gasteiger partial charge in [0.25, 0.3) is 0 Å². The molecule has 0 aromatic heterocycles. The number of methoxy groups -OCH3 is 1. The number of carbonyl (C=O) groups is 1. The van der Waals surface area contributed by atoms with E-state index in [1.807, 2.05) is 41.4 Å². The van der Waals surface area contributed by atoms with Gasteiger partial charge in [0.15, 0.2) is 5.78 Å². The number of nitrogens with zero attached hydrogens (tertiary/aromatic N) is 3. The van der Waals surface area contributed by atoms with Crippen LogP contribution in [0.1, 0.15) is 27.5 Å². The highest BCUT2D eigenvalue weighted by molar-refractivity contribution is 6.01. The molecule has 0 bridgehead atoms. The van der Waals surface area contributed by atoms with Crippen LogP contribution in [0, 0.1) is 34.5 Å². The smallest absolute Gasteiger partial charge is 0.186 e. The van der Waals surface area contributed by atoms with Crippen LogP contribution in [0.5, 0.6) is 5.75 Å². The number of Topliss-reactive ketones (excluding diaryl/α,β-unsaturated/α-hetero) is 1. The average Bonchev–Trinajstić information content (AvgIpc) is 3.07. The van der Waals surface area contributed by atoms with Crippen LogP contribution in [0.15, 0.2) is 54.7 Å². The summed E-state index contributed by atoms with van der Waals surface area (Å²) in [5, 5.41) is 19.6. The number of rotatable bonds is 3. The normalized spacial score (nSPS) is 25.1. The van der Waals surface area contributed by atoms with Crippen molar-refractivity contribution in [2.24, 2.45) is 11.8 Å². The van der Waals surface area contributed by atoms with E-state index in [0.29, 0.717) is 11.3 Å². The van der Waals surface area contributed by atoms with Crippen molar-refractivity contribution in [3.63, 3.8) is 0 Å². The molecular formula is C22H17N3O2. The maximum Gasteiger partial charge on any atom is 0.186 e. The Kier molecular flexibility index (Phi) is 4.14. The van der Waals surface area contributed by atoms with Crippen molar-refractivity contribution in [3.8, 4) is 17.9 Å². The molecule has 0 radical (unpaired) electrons. The van der Waals surface area contributed by atoms with Gasteiger partial charge < -0.3 is 9.64 Å². The lowest BCUT2D eigenvalue weighted by atomic mass is 9.83. The highest BCUT2D eigenvalue weighted by Crippen LogP contribution is 2.48. The molecule has 0 N–H and O–H groups in total. The zero-order valence-corrected chi connectivity index (χ0v) is 14.7. The molecule has 0 spiro atoms. The summed E-state index contributed by atoms with van der Waals surface area (Å²) in [7, 11) is 1.57. The molecule has 2 aromatic rings. The molecule has 0 amide bonds. The summed E-state index contributed by atoms with van der Waals surface area (Å²) in [5.41, 5.74) is 2.51. The number of hydrogen-bond acceptors (Lipinski definition) is 5. The van der Waals surface area contributed by atoms with Gasteiger partial charge in [0.05, 0.1) is 37.1 Å². The van der Waals surface area contributed by atoms with Gasteiger partial charge in [-0.05, 0) is 41.5 Å². The summed E-state index contributed by atoms with van der Waals surface area (Å²) < 4.78 is 5.15. The van der Waals surface area contributed by atoms with Crippen molar-refractivity contribution in [2.75, 3.05) is 7.11 Å². The Hall–Kier alpha value is -3.57. The SMILES string of the molecule is COc1ccc(C(=O)C2C(C#N)C(C#N)C3c4ccccc4C=CN23)cc1. The van der Waals surface area contributed by atoms with Crippen LogP contribution in [0.2, 0.25) is 0 Å². The minimum Gasteiger partial charge on any atom is -0.497 e. The van der Waals surface area contributed by atoms with Gasteiger partial charge in [0.1, 0.15) is 11.8 Å². The van der Waals surface area contributed by atoms with Crippen LogP contribution in [0.3, 0.4) is 0 Å². The molecule has 132 valence electrons. The van der Waals surface area contributed by atoms with E-state index >= 15 is 0 Å². The lowest BCUT2D eigenvalue weighted by Crippen LogP contribution is -2.38. The number of hydrogen-bond donors (Lipinski definition) is 0. The quantitative estimate of drug-likeness (QED) is 0.787. The molecule has 2 heterocycles. The highest BCUT2D eigenvalue weighted by Gasteiger charge is 2.53. The molecule has 2 aromatic carbocycles. The van der Waals surface area contributed by atoms with Crippen molar-refractivity contribution in [2.45, 2.75) is 12.1 Å². The number of nitriles is 2. The lowest BCUT2D eigenvalue weighted by Gasteiger charge is -2.33. The van der Waals surface area contributed by atoms with Crippen molar-refractivity contribution in [1.82, 2.24) is 4.90 Å². The Bertz CT molecular complexity index is 997. The van der Waals surface area contributed by atoms with Gasteiger partial charge in [0, 0.05) is 11.8 Å². The Balaban J connectivity index is 1.78. The third-order valence-electron chi connectivity index (χ3n) is 5.39. The van der Waals surface area contributed by atoms with Crippen molar-refractivity contribution < 1.29 is 9.53 Å². The first-order valence-electron chi connectivity index (χ1n) is 8.71. The largest absolute Gasteiger partial charge is 0.497 e. The maximum absolute atomic E-state index is 13.3. The number of ketones is 1. The van der Waals surface area contributed by atoms with Gasteiger partial charge in [-0.1, -0.05) is 24.3 Å². The molecule has 27 heavy (non-hydrogen) atoms. The van der Waals surface area contributed by atoms with E-state index in [1.54, 1.807) is 31.4 Å². The monoisotopic (exact) mass is 355 g/mol. The molecule has 4 unspecified atom stereocenters. The Labute approximate surface area is 157 Å². The molecule has 0 aliphatic carbocycles. The second-order valence-electron chi connectivity index (χ2n) is 6.68. The summed E-state index contributed by atoms with van der Waals surface area (Å²) in [6.45, 7) is 0. The summed E-state index contributed by atoms with van der Waals surface area (Å²) in [6, 6.07) is 18.2. The average molecular weight is 355 g/mol. The highest BCUT2D eigenvalue weighted by atomic mass is 16.5. The van der Waals surface area contributed by atoms with E-state index < -0.39 is 17.9 Å². The Morgan fingerprint density at radius 2 is 1.74 bits per heavy atom. The number of carbonyl (C=O) groups excluding carboxylic acids is 1. The van der Waals surface area contributed by atoms with Crippen molar-refractivity contribution >= 4 is 11.9 Å². The van der Waals surface area contributed by atoms with Gasteiger partial charge in [-0.3, -0.25) is 4.79 Å². The van der Waals surface area contributed by atoms with E-state index in [2.05, 4.69) is 12.1 Å². The van der Waals surface area contributed by atoms with Crippen molar-refractivity contribution in [3.05, 3.63) is 71.4 Å². The Morgan fingerprint density at radius 3 is 2.41 bits per heavy atom. The fourth-order valence-electron chi connectivity index (χ4n) is 4.10. The minimum atomic E-state index is -0.703. The fraction of sp³-hybridized carbons (Fsp3) is 0.227. The predicted octanol–water partition coefficient (Wildman–Crippen LogP) is 3.57. The summed E-state index contributed by atoms with van der Waals surface area (Å²) in [4.78, 5) is 15.2. The first-order valence-corrected chi connectivity index (χ1v) is 8.71. The summed E-state index contributed by atoms with van der Waals surface area (Å²) >= 11 is 0. The molecule has 2 aliphatic heterocycles.